The summed E-state index contributed by atoms with van der Waals surface area (Å²) < 4.78 is 5.27. The van der Waals surface area contributed by atoms with Crippen molar-refractivity contribution in [2.45, 2.75) is 13.8 Å². The van der Waals surface area contributed by atoms with Crippen molar-refractivity contribution in [2.75, 3.05) is 11.9 Å². The summed E-state index contributed by atoms with van der Waals surface area (Å²) in [6.45, 7) is 3.61. The first-order chi connectivity index (χ1) is 11.4. The number of allylic oxidation sites excluding steroid dienone is 1. The van der Waals surface area contributed by atoms with E-state index in [9.17, 15) is 14.7 Å². The highest BCUT2D eigenvalue weighted by Gasteiger charge is 2.17. The molecular weight excluding hydrogens is 306 g/mol. The lowest BCUT2D eigenvalue weighted by molar-refractivity contribution is -0.118. The Labute approximate surface area is 139 Å². The van der Waals surface area contributed by atoms with Gasteiger partial charge >= 0.3 is 0 Å². The number of benzene rings is 2. The second-order valence-electron chi connectivity index (χ2n) is 5.75. The summed E-state index contributed by atoms with van der Waals surface area (Å²) in [7, 11) is 0. The molecule has 122 valence electrons. The average molecular weight is 323 g/mol. The molecule has 1 aliphatic heterocycles. The predicted octanol–water partition coefficient (Wildman–Crippen LogP) is 3.24. The van der Waals surface area contributed by atoms with Crippen LogP contribution in [0, 0.1) is 13.8 Å². The molecule has 0 fully saturated rings. The van der Waals surface area contributed by atoms with Gasteiger partial charge in [-0.3, -0.25) is 9.59 Å². The molecule has 3 rings (SSSR count). The molecule has 2 N–H and O–H groups in total. The first-order valence-corrected chi connectivity index (χ1v) is 7.53. The Hall–Kier alpha value is -3.08. The molecule has 0 saturated heterocycles. The van der Waals surface area contributed by atoms with Gasteiger partial charge in [0.25, 0.3) is 5.91 Å². The monoisotopic (exact) mass is 323 g/mol. The largest absolute Gasteiger partial charge is 0.507 e. The van der Waals surface area contributed by atoms with E-state index in [2.05, 4.69) is 5.32 Å². The highest BCUT2D eigenvalue weighted by molar-refractivity contribution is 6.08. The van der Waals surface area contributed by atoms with Gasteiger partial charge in [-0.15, -0.1) is 0 Å². The number of anilines is 1. The van der Waals surface area contributed by atoms with Crippen molar-refractivity contribution < 1.29 is 19.4 Å². The molecule has 0 aliphatic carbocycles. The van der Waals surface area contributed by atoms with Crippen LogP contribution >= 0.6 is 0 Å². The van der Waals surface area contributed by atoms with Crippen LogP contribution in [-0.2, 0) is 4.79 Å². The number of phenolic OH excluding ortho intramolecular Hbond substituents is 1. The molecule has 5 heteroatoms. The lowest BCUT2D eigenvalue weighted by Crippen LogP contribution is -2.25. The molecule has 24 heavy (non-hydrogen) atoms. The van der Waals surface area contributed by atoms with Crippen molar-refractivity contribution in [2.24, 2.45) is 0 Å². The average Bonchev–Trinajstić information content (AvgIpc) is 2.56. The maximum absolute atomic E-state index is 12.3. The lowest BCUT2D eigenvalue weighted by Gasteiger charge is -2.17. The van der Waals surface area contributed by atoms with Gasteiger partial charge in [-0.25, -0.2) is 0 Å². The summed E-state index contributed by atoms with van der Waals surface area (Å²) in [6.07, 6.45) is 3.18. The van der Waals surface area contributed by atoms with Crippen LogP contribution in [0.25, 0.3) is 6.08 Å². The van der Waals surface area contributed by atoms with Crippen molar-refractivity contribution >= 4 is 23.5 Å². The number of nitrogens with one attached hydrogen (secondary N) is 1. The number of carbonyl (C=O) groups excluding carboxylic acids is 2. The van der Waals surface area contributed by atoms with E-state index < -0.39 is 0 Å². The van der Waals surface area contributed by atoms with E-state index in [-0.39, 0.29) is 24.0 Å². The number of ether oxygens (including phenoxy) is 1. The SMILES string of the molecule is Cc1cc(C=CC(=O)c2ccc3c(c2)NC(=O)CO3)cc(C)c1O. The Morgan fingerprint density at radius 2 is 1.92 bits per heavy atom. The van der Waals surface area contributed by atoms with Crippen LogP contribution in [-0.4, -0.2) is 23.4 Å². The molecular formula is C19H17NO4. The van der Waals surface area contributed by atoms with Crippen molar-refractivity contribution in [3.63, 3.8) is 0 Å². The maximum Gasteiger partial charge on any atom is 0.262 e. The van der Waals surface area contributed by atoms with Crippen LogP contribution in [0.15, 0.2) is 36.4 Å². The molecule has 5 nitrogen and oxygen atoms in total. The fraction of sp³-hybridized carbons (Fsp3) is 0.158. The Morgan fingerprint density at radius 3 is 2.62 bits per heavy atom. The van der Waals surface area contributed by atoms with Crippen molar-refractivity contribution in [1.82, 2.24) is 0 Å². The Kier molecular flexibility index (Phi) is 4.08. The highest BCUT2D eigenvalue weighted by Crippen LogP contribution is 2.29. The summed E-state index contributed by atoms with van der Waals surface area (Å²) >= 11 is 0. The van der Waals surface area contributed by atoms with Gasteiger partial charge in [0.05, 0.1) is 5.69 Å². The van der Waals surface area contributed by atoms with E-state index in [1.165, 1.54) is 6.08 Å². The van der Waals surface area contributed by atoms with Crippen LogP contribution in [0.3, 0.4) is 0 Å². The molecule has 0 saturated carbocycles. The number of amides is 1. The topological polar surface area (TPSA) is 75.6 Å². The molecule has 1 aliphatic rings. The minimum atomic E-state index is -0.238. The minimum absolute atomic E-state index is 0.0141. The highest BCUT2D eigenvalue weighted by atomic mass is 16.5. The molecule has 0 atom stereocenters. The smallest absolute Gasteiger partial charge is 0.262 e. The van der Waals surface area contributed by atoms with Crippen molar-refractivity contribution in [3.8, 4) is 11.5 Å². The van der Waals surface area contributed by atoms with Crippen LogP contribution in [0.1, 0.15) is 27.0 Å². The van der Waals surface area contributed by atoms with E-state index in [0.29, 0.717) is 17.0 Å². The fourth-order valence-electron chi connectivity index (χ4n) is 2.59. The van der Waals surface area contributed by atoms with E-state index in [0.717, 1.165) is 16.7 Å². The third-order valence-electron chi connectivity index (χ3n) is 3.84. The first-order valence-electron chi connectivity index (χ1n) is 7.53. The summed E-state index contributed by atoms with van der Waals surface area (Å²) in [5.74, 6) is 0.405. The number of aromatic hydroxyl groups is 1. The van der Waals surface area contributed by atoms with E-state index in [4.69, 9.17) is 4.74 Å². The molecule has 0 radical (unpaired) electrons. The van der Waals surface area contributed by atoms with Crippen LogP contribution < -0.4 is 10.1 Å². The molecule has 1 amide bonds. The zero-order valence-corrected chi connectivity index (χ0v) is 13.4. The normalized spacial score (nSPS) is 13.3. The standard InChI is InChI=1S/C19H17NO4/c1-11-7-13(8-12(2)19(11)23)3-5-16(21)14-4-6-17-15(9-14)20-18(22)10-24-17/h3-9,23H,10H2,1-2H3,(H,20,22). The third kappa shape index (κ3) is 3.15. The predicted molar refractivity (Wildman–Crippen MR) is 91.5 cm³/mol. The van der Waals surface area contributed by atoms with Gasteiger partial charge in [-0.2, -0.15) is 0 Å². The summed E-state index contributed by atoms with van der Waals surface area (Å²) in [5.41, 5.74) is 3.32. The zero-order valence-electron chi connectivity index (χ0n) is 13.4. The van der Waals surface area contributed by atoms with Crippen LogP contribution in [0.2, 0.25) is 0 Å². The van der Waals surface area contributed by atoms with Gasteiger partial charge in [0.15, 0.2) is 12.4 Å². The second kappa shape index (κ2) is 6.20. The maximum atomic E-state index is 12.3. The number of fused-ring (bicyclic) bond motifs is 1. The van der Waals surface area contributed by atoms with Gasteiger partial charge in [0.1, 0.15) is 11.5 Å². The molecule has 1 heterocycles. The summed E-state index contributed by atoms with van der Waals surface area (Å²) in [6, 6.07) is 8.56. The summed E-state index contributed by atoms with van der Waals surface area (Å²) in [5, 5.41) is 12.5. The molecule has 2 aromatic carbocycles. The van der Waals surface area contributed by atoms with Crippen LogP contribution in [0.5, 0.6) is 11.5 Å². The Balaban J connectivity index is 1.82. The molecule has 0 unspecified atom stereocenters. The van der Waals surface area contributed by atoms with E-state index >= 15 is 0 Å². The fourth-order valence-corrected chi connectivity index (χ4v) is 2.59. The molecule has 0 aromatic heterocycles. The van der Waals surface area contributed by atoms with E-state index in [1.807, 2.05) is 26.0 Å². The van der Waals surface area contributed by atoms with Gasteiger partial charge in [0.2, 0.25) is 0 Å². The minimum Gasteiger partial charge on any atom is -0.507 e. The van der Waals surface area contributed by atoms with E-state index in [1.54, 1.807) is 24.3 Å². The molecule has 0 bridgehead atoms. The number of phenols is 1. The number of hydrogen-bond donors (Lipinski definition) is 2. The first kappa shape index (κ1) is 15.8. The zero-order chi connectivity index (χ0) is 17.3. The number of rotatable bonds is 3. The van der Waals surface area contributed by atoms with Gasteiger partial charge in [0, 0.05) is 5.56 Å². The van der Waals surface area contributed by atoms with Crippen LogP contribution in [0.4, 0.5) is 5.69 Å². The second-order valence-corrected chi connectivity index (χ2v) is 5.75. The quantitative estimate of drug-likeness (QED) is 0.671. The number of aryl methyl sites for hydroxylation is 2. The van der Waals surface area contributed by atoms with Gasteiger partial charge in [-0.1, -0.05) is 6.08 Å². The van der Waals surface area contributed by atoms with Crippen molar-refractivity contribution in [1.29, 1.82) is 0 Å². The number of carbonyl (C=O) groups is 2. The molecule has 2 aromatic rings. The number of ketones is 1. The summed E-state index contributed by atoms with van der Waals surface area (Å²) in [4.78, 5) is 23.7. The number of hydrogen-bond acceptors (Lipinski definition) is 4. The Bertz CT molecular complexity index is 845. The van der Waals surface area contributed by atoms with Gasteiger partial charge in [-0.05, 0) is 66.9 Å². The lowest BCUT2D eigenvalue weighted by atomic mass is 10.0. The van der Waals surface area contributed by atoms with Gasteiger partial charge < -0.3 is 15.2 Å². The Morgan fingerprint density at radius 1 is 1.21 bits per heavy atom. The third-order valence-corrected chi connectivity index (χ3v) is 3.84. The van der Waals surface area contributed by atoms with Crippen molar-refractivity contribution in [3.05, 3.63) is 58.7 Å². The molecule has 0 spiro atoms.